The van der Waals surface area contributed by atoms with Crippen LogP contribution in [0.25, 0.3) is 0 Å². The van der Waals surface area contributed by atoms with E-state index >= 15 is 0 Å². The van der Waals surface area contributed by atoms with Crippen molar-refractivity contribution in [2.75, 3.05) is 17.2 Å². The number of rotatable bonds is 6. The normalized spacial score (nSPS) is 21.4. The summed E-state index contributed by atoms with van der Waals surface area (Å²) >= 11 is 0. The van der Waals surface area contributed by atoms with Gasteiger partial charge in [0.2, 0.25) is 5.91 Å². The fourth-order valence-electron chi connectivity index (χ4n) is 6.67. The van der Waals surface area contributed by atoms with Gasteiger partial charge >= 0.3 is 12.4 Å². The number of amides is 2. The van der Waals surface area contributed by atoms with Crippen LogP contribution in [-0.2, 0) is 11.0 Å². The molecule has 2 aliphatic rings. The van der Waals surface area contributed by atoms with Gasteiger partial charge < -0.3 is 15.5 Å². The van der Waals surface area contributed by atoms with Crippen LogP contribution in [0.2, 0.25) is 0 Å². The molecule has 2 N–H and O–H groups in total. The number of hydrogen-bond acceptors (Lipinski definition) is 3. The van der Waals surface area contributed by atoms with Gasteiger partial charge in [0.1, 0.15) is 25.0 Å². The summed E-state index contributed by atoms with van der Waals surface area (Å²) in [5.41, 5.74) is -1.87. The predicted molar refractivity (Wildman–Crippen MR) is 162 cm³/mol. The van der Waals surface area contributed by atoms with Crippen molar-refractivity contribution < 1.29 is 44.7 Å². The number of likely N-dealkylation sites (tertiary alicyclic amines) is 1. The lowest BCUT2D eigenvalue weighted by Crippen LogP contribution is -2.53. The number of benzene rings is 3. The smallest absolute Gasteiger partial charge is 0.387 e. The average Bonchev–Trinajstić information content (AvgIpc) is 3.42. The zero-order valence-corrected chi connectivity index (χ0v) is 25.5. The molecule has 1 aliphatic carbocycles. The number of nitrogens with zero attached hydrogens (tertiary/aromatic N) is 1. The van der Waals surface area contributed by atoms with Crippen molar-refractivity contribution in [2.24, 2.45) is 11.8 Å². The third-order valence-corrected chi connectivity index (χ3v) is 9.13. The molecule has 3 aromatic carbocycles. The van der Waals surface area contributed by atoms with E-state index in [9.17, 15) is 44.7 Å². The van der Waals surface area contributed by atoms with Crippen LogP contribution in [0.15, 0.2) is 60.7 Å². The van der Waals surface area contributed by atoms with Crippen LogP contribution < -0.4 is 10.6 Å². The molecule has 5 rings (SSSR count). The van der Waals surface area contributed by atoms with E-state index < -0.39 is 77.8 Å². The second kappa shape index (κ2) is 12.8. The molecule has 3 atom stereocenters. The monoisotopic (exact) mass is 665 g/mol. The Labute approximate surface area is 267 Å². The first-order valence-corrected chi connectivity index (χ1v) is 15.2. The SMILES string of the molecule is BC1(Nc2ccc([C@H]3[C@@H](C(=O)Nc4ccc(C)c(C(F)(F)F)c4)C[C@@H](C(F)(F)F)CN3C(=O)c3c(F)cccc3F)cc2)CCCC1. The van der Waals surface area contributed by atoms with Gasteiger partial charge in [-0.15, -0.1) is 0 Å². The first-order chi connectivity index (χ1) is 22.0. The van der Waals surface area contributed by atoms with Crippen LogP contribution in [0.5, 0.6) is 0 Å². The minimum absolute atomic E-state index is 0.132. The number of nitrogens with one attached hydrogen (secondary N) is 2. The molecule has 5 nitrogen and oxygen atoms in total. The lowest BCUT2D eigenvalue weighted by molar-refractivity contribution is -0.193. The van der Waals surface area contributed by atoms with Crippen molar-refractivity contribution >= 4 is 31.0 Å². The number of carbonyl (C=O) groups is 2. The Kier molecular flexibility index (Phi) is 9.35. The number of hydrogen-bond donors (Lipinski definition) is 2. The van der Waals surface area contributed by atoms with Crippen molar-refractivity contribution in [3.05, 3.63) is 94.6 Å². The molecule has 47 heavy (non-hydrogen) atoms. The van der Waals surface area contributed by atoms with E-state index in [1.165, 1.54) is 25.1 Å². The highest BCUT2D eigenvalue weighted by molar-refractivity contribution is 6.17. The minimum atomic E-state index is -4.92. The molecule has 0 radical (unpaired) electrons. The maximum Gasteiger partial charge on any atom is 0.416 e. The molecule has 0 bridgehead atoms. The summed E-state index contributed by atoms with van der Waals surface area (Å²) < 4.78 is 113. The number of halogens is 8. The van der Waals surface area contributed by atoms with E-state index in [4.69, 9.17) is 0 Å². The van der Waals surface area contributed by atoms with E-state index in [2.05, 4.69) is 18.5 Å². The van der Waals surface area contributed by atoms with Crippen LogP contribution in [-0.4, -0.2) is 42.7 Å². The number of piperidine rings is 1. The zero-order chi connectivity index (χ0) is 34.3. The van der Waals surface area contributed by atoms with Crippen LogP contribution in [0.1, 0.15) is 65.2 Å². The quantitative estimate of drug-likeness (QED) is 0.210. The number of anilines is 2. The first-order valence-electron chi connectivity index (χ1n) is 15.2. The van der Waals surface area contributed by atoms with E-state index in [1.807, 2.05) is 0 Å². The topological polar surface area (TPSA) is 61.4 Å². The number of aryl methyl sites for hydroxylation is 1. The van der Waals surface area contributed by atoms with E-state index in [0.717, 1.165) is 49.9 Å². The number of carbonyl (C=O) groups excluding carboxylic acids is 2. The second-order valence-corrected chi connectivity index (χ2v) is 12.6. The lowest BCUT2D eigenvalue weighted by Gasteiger charge is -2.45. The Morgan fingerprint density at radius 2 is 1.49 bits per heavy atom. The largest absolute Gasteiger partial charge is 0.416 e. The second-order valence-electron chi connectivity index (χ2n) is 12.6. The standard InChI is InChI=1S/C33H32BF8N3O2/c1-18-7-10-22(16-24(18)33(40,41)42)43-29(46)23-15-20(32(37,38)39)17-45(30(47)27-25(35)5-4-6-26(27)36)28(23)19-8-11-21(12-9-19)44-31(34)13-2-3-14-31/h4-12,16,20,23,28,44H,2-3,13-15,17,34H2,1H3,(H,43,46)/t20-,23+,28+/m1/s1. The molecule has 2 fully saturated rings. The highest BCUT2D eigenvalue weighted by atomic mass is 19.4. The summed E-state index contributed by atoms with van der Waals surface area (Å²) in [5.74, 6) is -9.03. The summed E-state index contributed by atoms with van der Waals surface area (Å²) in [6.45, 7) is 0.210. The number of alkyl halides is 6. The summed E-state index contributed by atoms with van der Waals surface area (Å²) in [7, 11) is 2.06. The van der Waals surface area contributed by atoms with Gasteiger partial charge in [-0.25, -0.2) is 8.78 Å². The van der Waals surface area contributed by atoms with Gasteiger partial charge in [0.25, 0.3) is 5.91 Å². The molecule has 14 heteroatoms. The molecule has 1 saturated carbocycles. The molecule has 0 aromatic heterocycles. The van der Waals surface area contributed by atoms with E-state index in [-0.39, 0.29) is 22.3 Å². The molecular formula is C33H32BF8N3O2. The van der Waals surface area contributed by atoms with Gasteiger partial charge in [-0.1, -0.05) is 37.1 Å². The predicted octanol–water partition coefficient (Wildman–Crippen LogP) is 7.63. The molecule has 2 amide bonds. The van der Waals surface area contributed by atoms with Crippen molar-refractivity contribution in [3.8, 4) is 0 Å². The molecular weight excluding hydrogens is 633 g/mol. The van der Waals surface area contributed by atoms with Crippen molar-refractivity contribution in [2.45, 2.75) is 62.9 Å². The Morgan fingerprint density at radius 1 is 0.894 bits per heavy atom. The maximum atomic E-state index is 14.8. The minimum Gasteiger partial charge on any atom is -0.387 e. The van der Waals surface area contributed by atoms with Gasteiger partial charge in [0, 0.05) is 23.4 Å². The molecule has 3 aromatic rings. The molecule has 1 aliphatic heterocycles. The van der Waals surface area contributed by atoms with Crippen molar-refractivity contribution in [1.82, 2.24) is 4.90 Å². The zero-order valence-electron chi connectivity index (χ0n) is 25.5. The molecule has 250 valence electrons. The molecule has 1 saturated heterocycles. The van der Waals surface area contributed by atoms with Crippen molar-refractivity contribution in [3.63, 3.8) is 0 Å². The van der Waals surface area contributed by atoms with E-state index in [1.54, 1.807) is 12.1 Å². The maximum absolute atomic E-state index is 14.8. The highest BCUT2D eigenvalue weighted by Gasteiger charge is 2.52. The van der Waals surface area contributed by atoms with Crippen LogP contribution in [0.4, 0.5) is 46.5 Å². The Morgan fingerprint density at radius 3 is 2.06 bits per heavy atom. The van der Waals surface area contributed by atoms with Gasteiger partial charge in [0.15, 0.2) is 0 Å². The molecule has 0 unspecified atom stereocenters. The third kappa shape index (κ3) is 7.41. The fourth-order valence-corrected chi connectivity index (χ4v) is 6.67. The summed E-state index contributed by atoms with van der Waals surface area (Å²) in [5, 5.41) is 5.74. The average molecular weight is 665 g/mol. The first kappa shape index (κ1) is 34.2. The Bertz CT molecular complexity index is 1620. The summed E-state index contributed by atoms with van der Waals surface area (Å²) in [4.78, 5) is 28.2. The van der Waals surface area contributed by atoms with Gasteiger partial charge in [0.05, 0.1) is 23.4 Å². The molecule has 0 spiro atoms. The van der Waals surface area contributed by atoms with E-state index in [0.29, 0.717) is 16.7 Å². The van der Waals surface area contributed by atoms with Gasteiger partial charge in [-0.05, 0) is 73.7 Å². The van der Waals surface area contributed by atoms with Crippen LogP contribution in [0.3, 0.4) is 0 Å². The fraction of sp³-hybridized carbons (Fsp3) is 0.394. The van der Waals surface area contributed by atoms with Crippen LogP contribution >= 0.6 is 0 Å². The van der Waals surface area contributed by atoms with Gasteiger partial charge in [-0.3, -0.25) is 9.59 Å². The molecule has 1 heterocycles. The third-order valence-electron chi connectivity index (χ3n) is 9.13. The summed E-state index contributed by atoms with van der Waals surface area (Å²) in [6.07, 6.45) is -6.61. The Hall–Kier alpha value is -4.10. The van der Waals surface area contributed by atoms with Crippen LogP contribution in [0, 0.1) is 30.4 Å². The lowest BCUT2D eigenvalue weighted by atomic mass is 9.76. The van der Waals surface area contributed by atoms with Crippen molar-refractivity contribution in [1.29, 1.82) is 0 Å². The Balaban J connectivity index is 1.58. The highest BCUT2D eigenvalue weighted by Crippen LogP contribution is 2.46. The summed E-state index contributed by atoms with van der Waals surface area (Å²) in [6, 6.07) is 10.4. The van der Waals surface area contributed by atoms with Gasteiger partial charge in [-0.2, -0.15) is 26.3 Å².